The minimum atomic E-state index is -3.86. The van der Waals surface area contributed by atoms with E-state index in [2.05, 4.69) is 0 Å². The van der Waals surface area contributed by atoms with Gasteiger partial charge in [-0.15, -0.1) is 0 Å². The number of nitrogens with zero attached hydrogens (tertiary/aromatic N) is 3. The number of piperazine rings is 1. The fourth-order valence-corrected chi connectivity index (χ4v) is 5.71. The molecule has 6 nitrogen and oxygen atoms in total. The van der Waals surface area contributed by atoms with Crippen molar-refractivity contribution in [1.82, 2.24) is 14.1 Å². The van der Waals surface area contributed by atoms with Crippen LogP contribution < -0.4 is 0 Å². The third-order valence-electron chi connectivity index (χ3n) is 6.10. The van der Waals surface area contributed by atoms with Gasteiger partial charge in [-0.25, -0.2) is 12.8 Å². The van der Waals surface area contributed by atoms with Gasteiger partial charge in [0.25, 0.3) is 0 Å². The predicted molar refractivity (Wildman–Crippen MR) is 106 cm³/mol. The van der Waals surface area contributed by atoms with Crippen molar-refractivity contribution < 1.29 is 17.6 Å². The van der Waals surface area contributed by atoms with Crippen LogP contribution in [0.15, 0.2) is 29.2 Å². The van der Waals surface area contributed by atoms with Crippen LogP contribution in [0.4, 0.5) is 4.39 Å². The molecule has 2 aliphatic rings. The summed E-state index contributed by atoms with van der Waals surface area (Å²) in [6.07, 6.45) is 5.70. The van der Waals surface area contributed by atoms with Gasteiger partial charge in [-0.05, 0) is 31.9 Å². The first-order valence-electron chi connectivity index (χ1n) is 10.1. The van der Waals surface area contributed by atoms with E-state index in [-0.39, 0.29) is 29.9 Å². The lowest BCUT2D eigenvalue weighted by Crippen LogP contribution is -2.56. The van der Waals surface area contributed by atoms with Crippen LogP contribution in [0.1, 0.15) is 39.0 Å². The van der Waals surface area contributed by atoms with Crippen molar-refractivity contribution >= 4 is 15.9 Å². The fraction of sp³-hybridized carbons (Fsp3) is 0.650. The minimum absolute atomic E-state index is 0.0947. The highest BCUT2D eigenvalue weighted by molar-refractivity contribution is 7.89. The molecule has 1 aromatic rings. The monoisotopic (exact) mass is 411 g/mol. The summed E-state index contributed by atoms with van der Waals surface area (Å²) in [4.78, 5) is 16.5. The molecule has 1 amide bonds. The Hall–Kier alpha value is -1.51. The number of hydrogen-bond donors (Lipinski definition) is 0. The normalized spacial score (nSPS) is 21.4. The molecule has 28 heavy (non-hydrogen) atoms. The van der Waals surface area contributed by atoms with Gasteiger partial charge in [0.2, 0.25) is 15.9 Å². The zero-order chi connectivity index (χ0) is 20.3. The van der Waals surface area contributed by atoms with Crippen molar-refractivity contribution in [3.05, 3.63) is 30.1 Å². The van der Waals surface area contributed by atoms with Gasteiger partial charge in [0, 0.05) is 39.3 Å². The number of carbonyl (C=O) groups excluding carboxylic acids is 1. The average molecular weight is 412 g/mol. The Morgan fingerprint density at radius 2 is 1.71 bits per heavy atom. The molecule has 1 atom stereocenters. The number of hydrogen-bond acceptors (Lipinski definition) is 4. The molecule has 156 valence electrons. The topological polar surface area (TPSA) is 60.9 Å². The van der Waals surface area contributed by atoms with Crippen LogP contribution in [0.5, 0.6) is 0 Å². The SMILES string of the molecule is CC(C(=O)N(C)C1CCCCC1)N1CCN(S(=O)(=O)c2ccccc2F)CC1. The zero-order valence-corrected chi connectivity index (χ0v) is 17.5. The van der Waals surface area contributed by atoms with E-state index >= 15 is 0 Å². The first kappa shape index (κ1) is 21.2. The molecule has 1 aromatic carbocycles. The van der Waals surface area contributed by atoms with E-state index < -0.39 is 15.8 Å². The Balaban J connectivity index is 1.60. The molecule has 0 radical (unpaired) electrons. The number of likely N-dealkylation sites (N-methyl/N-ethyl adjacent to an activating group) is 1. The second-order valence-corrected chi connectivity index (χ2v) is 9.69. The molecule has 0 N–H and O–H groups in total. The van der Waals surface area contributed by atoms with Gasteiger partial charge in [-0.3, -0.25) is 9.69 Å². The number of rotatable bonds is 5. The molecule has 0 aromatic heterocycles. The molecular formula is C20H30FN3O3S. The second-order valence-electron chi connectivity index (χ2n) is 7.79. The van der Waals surface area contributed by atoms with Crippen LogP contribution in [0.2, 0.25) is 0 Å². The smallest absolute Gasteiger partial charge is 0.246 e. The van der Waals surface area contributed by atoms with Crippen molar-refractivity contribution in [2.75, 3.05) is 33.2 Å². The Morgan fingerprint density at radius 1 is 1.11 bits per heavy atom. The Kier molecular flexibility index (Phi) is 6.73. The molecule has 1 saturated carbocycles. The summed E-state index contributed by atoms with van der Waals surface area (Å²) in [5, 5.41) is 0. The molecule has 0 bridgehead atoms. The van der Waals surface area contributed by atoms with Crippen LogP contribution in [-0.4, -0.2) is 73.7 Å². The molecule has 1 unspecified atom stereocenters. The Labute approximate surface area is 167 Å². The summed E-state index contributed by atoms with van der Waals surface area (Å²) in [5.74, 6) is -0.639. The van der Waals surface area contributed by atoms with E-state index in [4.69, 9.17) is 0 Å². The standard InChI is InChI=1S/C20H30FN3O3S/c1-16(20(25)22(2)17-8-4-3-5-9-17)23-12-14-24(15-13-23)28(26,27)19-11-7-6-10-18(19)21/h6-7,10-11,16-17H,3-5,8-9,12-15H2,1-2H3. The highest BCUT2D eigenvalue weighted by atomic mass is 32.2. The van der Waals surface area contributed by atoms with Gasteiger partial charge < -0.3 is 4.90 Å². The van der Waals surface area contributed by atoms with Crippen LogP contribution in [0.25, 0.3) is 0 Å². The third kappa shape index (κ3) is 4.39. The van der Waals surface area contributed by atoms with Crippen molar-refractivity contribution in [1.29, 1.82) is 0 Å². The maximum atomic E-state index is 14.0. The van der Waals surface area contributed by atoms with Crippen molar-refractivity contribution in [2.24, 2.45) is 0 Å². The van der Waals surface area contributed by atoms with Gasteiger partial charge >= 0.3 is 0 Å². The molecule has 2 fully saturated rings. The number of amides is 1. The van der Waals surface area contributed by atoms with Crippen LogP contribution >= 0.6 is 0 Å². The van der Waals surface area contributed by atoms with Gasteiger partial charge in [-0.2, -0.15) is 4.31 Å². The van der Waals surface area contributed by atoms with E-state index in [0.717, 1.165) is 18.9 Å². The molecule has 1 saturated heterocycles. The maximum absolute atomic E-state index is 14.0. The predicted octanol–water partition coefficient (Wildman–Crippen LogP) is 2.31. The summed E-state index contributed by atoms with van der Waals surface area (Å²) < 4.78 is 40.7. The fourth-order valence-electron chi connectivity index (χ4n) is 4.22. The lowest BCUT2D eigenvalue weighted by Gasteiger charge is -2.39. The van der Waals surface area contributed by atoms with Gasteiger partial charge in [-0.1, -0.05) is 31.4 Å². The highest BCUT2D eigenvalue weighted by Gasteiger charge is 2.34. The quantitative estimate of drug-likeness (QED) is 0.746. The second kappa shape index (κ2) is 8.88. The molecule has 1 aliphatic heterocycles. The Bertz CT molecular complexity index is 788. The summed E-state index contributed by atoms with van der Waals surface area (Å²) >= 11 is 0. The molecule has 3 rings (SSSR count). The van der Waals surface area contributed by atoms with Crippen LogP contribution in [0, 0.1) is 5.82 Å². The van der Waals surface area contributed by atoms with Crippen LogP contribution in [-0.2, 0) is 14.8 Å². The average Bonchev–Trinajstić information content (AvgIpc) is 2.73. The molecule has 0 spiro atoms. The Morgan fingerprint density at radius 3 is 2.32 bits per heavy atom. The number of sulfonamides is 1. The number of benzene rings is 1. The van der Waals surface area contributed by atoms with E-state index in [1.807, 2.05) is 23.8 Å². The van der Waals surface area contributed by atoms with E-state index in [0.29, 0.717) is 19.1 Å². The van der Waals surface area contributed by atoms with Gasteiger partial charge in [0.05, 0.1) is 6.04 Å². The van der Waals surface area contributed by atoms with Crippen molar-refractivity contribution in [3.63, 3.8) is 0 Å². The first-order chi connectivity index (χ1) is 13.3. The van der Waals surface area contributed by atoms with E-state index in [9.17, 15) is 17.6 Å². The maximum Gasteiger partial charge on any atom is 0.246 e. The molecule has 1 heterocycles. The minimum Gasteiger partial charge on any atom is -0.341 e. The summed E-state index contributed by atoms with van der Waals surface area (Å²) in [6, 6.07) is 5.47. The van der Waals surface area contributed by atoms with Gasteiger partial charge in [0.15, 0.2) is 0 Å². The largest absolute Gasteiger partial charge is 0.341 e. The van der Waals surface area contributed by atoms with E-state index in [1.54, 1.807) is 0 Å². The number of carbonyl (C=O) groups is 1. The number of halogens is 1. The molecule has 8 heteroatoms. The highest BCUT2D eigenvalue weighted by Crippen LogP contribution is 2.24. The summed E-state index contributed by atoms with van der Waals surface area (Å²) in [7, 11) is -1.98. The van der Waals surface area contributed by atoms with Crippen molar-refractivity contribution in [3.8, 4) is 0 Å². The van der Waals surface area contributed by atoms with Gasteiger partial charge in [0.1, 0.15) is 10.7 Å². The summed E-state index contributed by atoms with van der Waals surface area (Å²) in [6.45, 7) is 3.31. The molecular weight excluding hydrogens is 381 g/mol. The summed E-state index contributed by atoms with van der Waals surface area (Å²) in [5.41, 5.74) is 0. The lowest BCUT2D eigenvalue weighted by atomic mass is 9.94. The van der Waals surface area contributed by atoms with Crippen LogP contribution in [0.3, 0.4) is 0 Å². The zero-order valence-electron chi connectivity index (χ0n) is 16.7. The lowest BCUT2D eigenvalue weighted by molar-refractivity contribution is -0.138. The molecule has 1 aliphatic carbocycles. The van der Waals surface area contributed by atoms with Crippen molar-refractivity contribution in [2.45, 2.75) is 56.0 Å². The van der Waals surface area contributed by atoms with E-state index in [1.165, 1.54) is 41.8 Å². The third-order valence-corrected chi connectivity index (χ3v) is 8.03. The first-order valence-corrected chi connectivity index (χ1v) is 11.5.